The first-order chi connectivity index (χ1) is 13.6. The molecule has 9 heteroatoms. The van der Waals surface area contributed by atoms with Crippen LogP contribution in [0.5, 0.6) is 11.5 Å². The number of anilines is 1. The van der Waals surface area contributed by atoms with Crippen LogP contribution in [0.2, 0.25) is 5.02 Å². The number of rotatable bonds is 7. The van der Waals surface area contributed by atoms with Gasteiger partial charge in [0.15, 0.2) is 17.2 Å². The van der Waals surface area contributed by atoms with Crippen LogP contribution in [-0.2, 0) is 11.2 Å². The summed E-state index contributed by atoms with van der Waals surface area (Å²) in [6.07, 6.45) is 2.09. The van der Waals surface area contributed by atoms with E-state index in [1.807, 2.05) is 23.1 Å². The van der Waals surface area contributed by atoms with Gasteiger partial charge in [0.2, 0.25) is 5.95 Å². The van der Waals surface area contributed by atoms with Gasteiger partial charge in [-0.2, -0.15) is 0 Å². The summed E-state index contributed by atoms with van der Waals surface area (Å²) in [6.45, 7) is 3.02. The van der Waals surface area contributed by atoms with E-state index < -0.39 is 0 Å². The van der Waals surface area contributed by atoms with Crippen LogP contribution in [0.1, 0.15) is 16.1 Å². The predicted molar refractivity (Wildman–Crippen MR) is 106 cm³/mol. The number of hydrogen-bond donors (Lipinski definition) is 1. The molecule has 1 saturated heterocycles. The average molecular weight is 407 g/mol. The third-order valence-electron chi connectivity index (χ3n) is 4.39. The zero-order valence-electron chi connectivity index (χ0n) is 15.9. The molecule has 1 fully saturated rings. The molecule has 1 amide bonds. The first-order valence-corrected chi connectivity index (χ1v) is 9.34. The predicted octanol–water partition coefficient (Wildman–Crippen LogP) is 1.96. The van der Waals surface area contributed by atoms with Gasteiger partial charge in [-0.15, -0.1) is 0 Å². The third kappa shape index (κ3) is 4.82. The van der Waals surface area contributed by atoms with Crippen LogP contribution in [0.15, 0.2) is 24.4 Å². The molecule has 0 unspecified atom stereocenters. The maximum absolute atomic E-state index is 12.5. The average Bonchev–Trinajstić information content (AvgIpc) is 2.74. The summed E-state index contributed by atoms with van der Waals surface area (Å²) in [7, 11) is 3.18. The summed E-state index contributed by atoms with van der Waals surface area (Å²) in [4.78, 5) is 23.1. The van der Waals surface area contributed by atoms with Gasteiger partial charge in [0.1, 0.15) is 0 Å². The molecule has 3 rings (SSSR count). The van der Waals surface area contributed by atoms with Crippen molar-refractivity contribution >= 4 is 23.5 Å². The molecule has 1 aromatic carbocycles. The second-order valence-corrected chi connectivity index (χ2v) is 6.57. The van der Waals surface area contributed by atoms with Crippen molar-refractivity contribution in [2.24, 2.45) is 0 Å². The summed E-state index contributed by atoms with van der Waals surface area (Å²) in [5.41, 5.74) is 1.19. The Kier molecular flexibility index (Phi) is 6.89. The molecule has 28 heavy (non-hydrogen) atoms. The molecular weight excluding hydrogens is 384 g/mol. The Balaban J connectivity index is 1.61. The summed E-state index contributed by atoms with van der Waals surface area (Å²) in [6, 6.07) is 5.66. The van der Waals surface area contributed by atoms with E-state index in [1.165, 1.54) is 6.20 Å². The number of carbonyl (C=O) groups excluding carboxylic acids is 1. The number of aromatic nitrogens is 2. The van der Waals surface area contributed by atoms with E-state index in [-0.39, 0.29) is 16.6 Å². The number of benzene rings is 1. The lowest BCUT2D eigenvalue weighted by Gasteiger charge is -2.26. The molecular formula is C19H23ClN4O4. The normalized spacial score (nSPS) is 13.9. The van der Waals surface area contributed by atoms with Crippen LogP contribution in [-0.4, -0.2) is 62.9 Å². The molecule has 2 aromatic rings. The highest BCUT2D eigenvalue weighted by molar-refractivity contribution is 6.33. The summed E-state index contributed by atoms with van der Waals surface area (Å²) in [5, 5.41) is 3.08. The first-order valence-electron chi connectivity index (χ1n) is 8.96. The molecule has 0 spiro atoms. The Morgan fingerprint density at radius 2 is 2.00 bits per heavy atom. The van der Waals surface area contributed by atoms with Crippen LogP contribution >= 0.6 is 11.6 Å². The molecule has 0 bridgehead atoms. The fourth-order valence-corrected chi connectivity index (χ4v) is 3.05. The molecule has 1 aliphatic heterocycles. The fourth-order valence-electron chi connectivity index (χ4n) is 2.87. The van der Waals surface area contributed by atoms with E-state index >= 15 is 0 Å². The highest BCUT2D eigenvalue weighted by atomic mass is 35.5. The third-order valence-corrected chi connectivity index (χ3v) is 4.66. The van der Waals surface area contributed by atoms with Gasteiger partial charge in [0.05, 0.1) is 38.7 Å². The summed E-state index contributed by atoms with van der Waals surface area (Å²) >= 11 is 6.14. The Bertz CT molecular complexity index is 828. The van der Waals surface area contributed by atoms with Crippen molar-refractivity contribution in [2.45, 2.75) is 6.42 Å². The van der Waals surface area contributed by atoms with Gasteiger partial charge in [-0.25, -0.2) is 9.97 Å². The number of nitrogens with one attached hydrogen (secondary N) is 1. The number of ether oxygens (including phenoxy) is 3. The van der Waals surface area contributed by atoms with E-state index in [1.54, 1.807) is 14.2 Å². The van der Waals surface area contributed by atoms with E-state index in [0.29, 0.717) is 56.7 Å². The van der Waals surface area contributed by atoms with E-state index in [2.05, 4.69) is 15.3 Å². The molecule has 1 N–H and O–H groups in total. The van der Waals surface area contributed by atoms with Gasteiger partial charge in [0, 0.05) is 19.6 Å². The number of methoxy groups -OCH3 is 2. The molecule has 150 valence electrons. The molecule has 0 aliphatic carbocycles. The zero-order chi connectivity index (χ0) is 19.9. The van der Waals surface area contributed by atoms with Crippen molar-refractivity contribution in [3.63, 3.8) is 0 Å². The maximum atomic E-state index is 12.5. The number of amides is 1. The minimum Gasteiger partial charge on any atom is -0.493 e. The van der Waals surface area contributed by atoms with Crippen LogP contribution in [0.25, 0.3) is 0 Å². The SMILES string of the molecule is COc1ccc(CCNC(=O)c2nc(N3CCOCC3)ncc2Cl)cc1OC. The lowest BCUT2D eigenvalue weighted by molar-refractivity contribution is 0.0949. The van der Waals surface area contributed by atoms with Crippen LogP contribution in [0, 0.1) is 0 Å². The Labute approximate surface area is 168 Å². The van der Waals surface area contributed by atoms with Crippen molar-refractivity contribution in [1.29, 1.82) is 0 Å². The second kappa shape index (κ2) is 9.57. The van der Waals surface area contributed by atoms with Crippen LogP contribution in [0.4, 0.5) is 5.95 Å². The lowest BCUT2D eigenvalue weighted by Crippen LogP contribution is -2.38. The van der Waals surface area contributed by atoms with Gasteiger partial charge in [0.25, 0.3) is 5.91 Å². The molecule has 0 saturated carbocycles. The van der Waals surface area contributed by atoms with Crippen LogP contribution in [0.3, 0.4) is 0 Å². The summed E-state index contributed by atoms with van der Waals surface area (Å²) < 4.78 is 15.9. The monoisotopic (exact) mass is 406 g/mol. The van der Waals surface area contributed by atoms with Crippen molar-refractivity contribution in [2.75, 3.05) is 52.0 Å². The van der Waals surface area contributed by atoms with Crippen LogP contribution < -0.4 is 19.7 Å². The van der Waals surface area contributed by atoms with Crippen molar-refractivity contribution in [3.8, 4) is 11.5 Å². The quantitative estimate of drug-likeness (QED) is 0.752. The minimum atomic E-state index is -0.331. The summed E-state index contributed by atoms with van der Waals surface area (Å²) in [5.74, 6) is 1.47. The molecule has 1 aliphatic rings. The molecule has 0 radical (unpaired) electrons. The number of morpholine rings is 1. The van der Waals surface area contributed by atoms with E-state index in [4.69, 9.17) is 25.8 Å². The van der Waals surface area contributed by atoms with Gasteiger partial charge in [-0.3, -0.25) is 4.79 Å². The fraction of sp³-hybridized carbons (Fsp3) is 0.421. The topological polar surface area (TPSA) is 85.8 Å². The smallest absolute Gasteiger partial charge is 0.271 e. The number of carbonyl (C=O) groups is 1. The van der Waals surface area contributed by atoms with Crippen molar-refractivity contribution in [1.82, 2.24) is 15.3 Å². The Hall–Kier alpha value is -2.58. The second-order valence-electron chi connectivity index (χ2n) is 6.16. The Morgan fingerprint density at radius 3 is 2.71 bits per heavy atom. The lowest BCUT2D eigenvalue weighted by atomic mass is 10.1. The number of nitrogens with zero attached hydrogens (tertiary/aromatic N) is 3. The molecule has 8 nitrogen and oxygen atoms in total. The molecule has 2 heterocycles. The van der Waals surface area contributed by atoms with E-state index in [9.17, 15) is 4.79 Å². The van der Waals surface area contributed by atoms with Gasteiger partial charge in [-0.1, -0.05) is 17.7 Å². The zero-order valence-corrected chi connectivity index (χ0v) is 16.7. The standard InChI is InChI=1S/C19H23ClN4O4/c1-26-15-4-3-13(11-16(15)27-2)5-6-21-18(25)17-14(20)12-22-19(23-17)24-7-9-28-10-8-24/h3-4,11-12H,5-10H2,1-2H3,(H,21,25). The molecule has 0 atom stereocenters. The Morgan fingerprint density at radius 1 is 1.25 bits per heavy atom. The van der Waals surface area contributed by atoms with Gasteiger partial charge >= 0.3 is 0 Å². The molecule has 1 aromatic heterocycles. The van der Waals surface area contributed by atoms with Crippen molar-refractivity contribution in [3.05, 3.63) is 40.7 Å². The highest BCUT2D eigenvalue weighted by Gasteiger charge is 2.19. The largest absolute Gasteiger partial charge is 0.493 e. The van der Waals surface area contributed by atoms with Gasteiger partial charge in [-0.05, 0) is 24.1 Å². The number of hydrogen-bond acceptors (Lipinski definition) is 7. The number of halogens is 1. The highest BCUT2D eigenvalue weighted by Crippen LogP contribution is 2.27. The first kappa shape index (κ1) is 20.2. The minimum absolute atomic E-state index is 0.172. The van der Waals surface area contributed by atoms with Gasteiger partial charge < -0.3 is 24.4 Å². The maximum Gasteiger partial charge on any atom is 0.271 e. The van der Waals surface area contributed by atoms with E-state index in [0.717, 1.165) is 5.56 Å². The van der Waals surface area contributed by atoms with Crippen molar-refractivity contribution < 1.29 is 19.0 Å².